The molecule has 0 saturated heterocycles. The summed E-state index contributed by atoms with van der Waals surface area (Å²) in [7, 11) is 0. The van der Waals surface area contributed by atoms with Crippen molar-refractivity contribution in [2.24, 2.45) is 28.1 Å². The molecule has 262 valence electrons. The minimum absolute atomic E-state index is 0.120. The van der Waals surface area contributed by atoms with Crippen LogP contribution in [0.25, 0.3) is 0 Å². The Balaban J connectivity index is 1.73. The maximum absolute atomic E-state index is 14.6. The third kappa shape index (κ3) is 5.86. The molecule has 3 fully saturated rings. The van der Waals surface area contributed by atoms with E-state index in [0.717, 1.165) is 6.92 Å². The number of Topliss-reactive ketones (excluding diaryl/α,β-unsaturated/α-hetero) is 1. The van der Waals surface area contributed by atoms with Gasteiger partial charge in [-0.05, 0) is 43.5 Å². The van der Waals surface area contributed by atoms with E-state index in [1.54, 1.807) is 76.2 Å². The molecule has 11 heteroatoms. The number of allylic oxidation sites excluding steroid dienone is 1. The zero-order chi connectivity index (χ0) is 36.1. The fourth-order valence-corrected chi connectivity index (χ4v) is 8.93. The second kappa shape index (κ2) is 12.8. The second-order valence-electron chi connectivity index (χ2n) is 14.6. The van der Waals surface area contributed by atoms with Gasteiger partial charge in [0.25, 0.3) is 0 Å². The zero-order valence-corrected chi connectivity index (χ0v) is 28.6. The minimum Gasteiger partial charge on any atom is -0.459 e. The molecule has 0 unspecified atom stereocenters. The van der Waals surface area contributed by atoms with Crippen LogP contribution in [0.5, 0.6) is 0 Å². The molecule has 0 heterocycles. The van der Waals surface area contributed by atoms with E-state index >= 15 is 0 Å². The van der Waals surface area contributed by atoms with Gasteiger partial charge in [-0.2, -0.15) is 0 Å². The van der Waals surface area contributed by atoms with Crippen molar-refractivity contribution in [2.75, 3.05) is 0 Å². The van der Waals surface area contributed by atoms with E-state index in [1.165, 1.54) is 25.1 Å². The predicted molar refractivity (Wildman–Crippen MR) is 175 cm³/mol. The Labute approximate surface area is 285 Å². The van der Waals surface area contributed by atoms with Gasteiger partial charge in [0.1, 0.15) is 24.4 Å². The summed E-state index contributed by atoms with van der Waals surface area (Å²) in [5.74, 6) is -5.88. The number of hydrogen-bond donors (Lipinski definition) is 2. The van der Waals surface area contributed by atoms with E-state index in [1.807, 2.05) is 0 Å². The van der Waals surface area contributed by atoms with Crippen molar-refractivity contribution in [3.8, 4) is 0 Å². The van der Waals surface area contributed by atoms with E-state index in [0.29, 0.717) is 0 Å². The summed E-state index contributed by atoms with van der Waals surface area (Å²) in [5.41, 5.74) is -6.26. The van der Waals surface area contributed by atoms with Crippen LogP contribution in [0.15, 0.2) is 73.3 Å². The van der Waals surface area contributed by atoms with Crippen molar-refractivity contribution < 1.29 is 53.1 Å². The van der Waals surface area contributed by atoms with Crippen LogP contribution in [-0.2, 0) is 33.3 Å². The van der Waals surface area contributed by atoms with Crippen molar-refractivity contribution >= 4 is 29.7 Å². The van der Waals surface area contributed by atoms with E-state index in [-0.39, 0.29) is 24.0 Å². The van der Waals surface area contributed by atoms with Crippen LogP contribution >= 0.6 is 0 Å². The van der Waals surface area contributed by atoms with Gasteiger partial charge in [-0.3, -0.25) is 14.4 Å². The van der Waals surface area contributed by atoms with Gasteiger partial charge in [-0.1, -0.05) is 63.2 Å². The number of ether oxygens (including phenoxy) is 4. The highest BCUT2D eigenvalue weighted by Crippen LogP contribution is 2.67. The number of fused-ring (bicyclic) bond motifs is 3. The molecule has 3 aliphatic carbocycles. The molecule has 2 aromatic rings. The molecule has 0 amide bonds. The average molecular weight is 677 g/mol. The molecule has 11 nitrogen and oxygen atoms in total. The van der Waals surface area contributed by atoms with Gasteiger partial charge in [-0.15, -0.1) is 6.58 Å². The molecule has 3 aliphatic rings. The van der Waals surface area contributed by atoms with E-state index in [4.69, 9.17) is 18.9 Å². The van der Waals surface area contributed by atoms with Crippen molar-refractivity contribution in [1.82, 2.24) is 0 Å². The molecular weight excluding hydrogens is 632 g/mol. The molecule has 2 aromatic carbocycles. The maximum Gasteiger partial charge on any atom is 0.338 e. The van der Waals surface area contributed by atoms with Gasteiger partial charge in [0, 0.05) is 37.0 Å². The third-order valence-electron chi connectivity index (χ3n) is 11.2. The number of rotatable bonds is 7. The summed E-state index contributed by atoms with van der Waals surface area (Å²) < 4.78 is 23.7. The van der Waals surface area contributed by atoms with E-state index in [2.05, 4.69) is 6.58 Å². The first-order valence-electron chi connectivity index (χ1n) is 16.4. The first-order valence-corrected chi connectivity index (χ1v) is 16.4. The summed E-state index contributed by atoms with van der Waals surface area (Å²) >= 11 is 0. The summed E-state index contributed by atoms with van der Waals surface area (Å²) in [6, 6.07) is 16.2. The highest BCUT2D eigenvalue weighted by Gasteiger charge is 2.78. The van der Waals surface area contributed by atoms with Crippen LogP contribution in [-0.4, -0.2) is 76.0 Å². The Morgan fingerprint density at radius 3 is 1.82 bits per heavy atom. The molecule has 5 rings (SSSR count). The van der Waals surface area contributed by atoms with E-state index < -0.39 is 93.9 Å². The van der Waals surface area contributed by atoms with Crippen LogP contribution in [0.4, 0.5) is 0 Å². The first kappa shape index (κ1) is 35.9. The molecule has 3 saturated carbocycles. The van der Waals surface area contributed by atoms with Crippen molar-refractivity contribution in [3.63, 3.8) is 0 Å². The lowest BCUT2D eigenvalue weighted by molar-refractivity contribution is -0.313. The Kier molecular flexibility index (Phi) is 9.42. The molecule has 49 heavy (non-hydrogen) atoms. The minimum atomic E-state index is -2.50. The number of hydrogen-bond acceptors (Lipinski definition) is 11. The monoisotopic (exact) mass is 676 g/mol. The summed E-state index contributed by atoms with van der Waals surface area (Å²) in [6.45, 7) is 12.9. The van der Waals surface area contributed by atoms with Crippen LogP contribution in [0.2, 0.25) is 0 Å². The number of esters is 4. The largest absolute Gasteiger partial charge is 0.459 e. The topological polar surface area (TPSA) is 163 Å². The third-order valence-corrected chi connectivity index (χ3v) is 11.2. The number of ketones is 1. The number of carbonyl (C=O) groups is 5. The van der Waals surface area contributed by atoms with E-state index in [9.17, 15) is 34.2 Å². The van der Waals surface area contributed by atoms with Crippen LogP contribution < -0.4 is 0 Å². The number of aliphatic hydroxyl groups is 2. The maximum atomic E-state index is 14.6. The SMILES string of the molecule is C=C[C@@]1(C)C[C@@H](OC(=O)c2ccccc2)[C@H]2[C@](O)(C1=O)[C@H](OC(C)=O)C[C@H]1C(C)(C)[C@H](OC(C)=O)[C@H](OC(=O)c3ccccc3)[C@H](O)[C@@]12C. The van der Waals surface area contributed by atoms with Gasteiger partial charge in [0.15, 0.2) is 17.5 Å². The molecule has 0 aliphatic heterocycles. The van der Waals surface area contributed by atoms with Crippen LogP contribution in [0.1, 0.15) is 75.1 Å². The fraction of sp³-hybridized carbons (Fsp3) is 0.500. The van der Waals surface area contributed by atoms with Crippen molar-refractivity contribution in [2.45, 2.75) is 90.5 Å². The van der Waals surface area contributed by atoms with Crippen LogP contribution in [0.3, 0.4) is 0 Å². The molecular formula is C38H44O11. The number of benzene rings is 2. The van der Waals surface area contributed by atoms with Gasteiger partial charge in [-0.25, -0.2) is 9.59 Å². The van der Waals surface area contributed by atoms with Gasteiger partial charge in [0.05, 0.1) is 16.5 Å². The molecule has 10 atom stereocenters. The van der Waals surface area contributed by atoms with Gasteiger partial charge in [0.2, 0.25) is 0 Å². The van der Waals surface area contributed by atoms with Gasteiger partial charge < -0.3 is 29.2 Å². The zero-order valence-electron chi connectivity index (χ0n) is 28.6. The Bertz CT molecular complexity index is 1640. The lowest BCUT2D eigenvalue weighted by Crippen LogP contribution is -2.80. The summed E-state index contributed by atoms with van der Waals surface area (Å²) in [6.07, 6.45) is -5.98. The van der Waals surface area contributed by atoms with Crippen LogP contribution in [0, 0.1) is 28.1 Å². The highest BCUT2D eigenvalue weighted by atomic mass is 16.6. The molecule has 0 spiro atoms. The number of carbonyl (C=O) groups excluding carboxylic acids is 5. The van der Waals surface area contributed by atoms with Crippen molar-refractivity contribution in [1.29, 1.82) is 0 Å². The summed E-state index contributed by atoms with van der Waals surface area (Å²) in [5, 5.41) is 25.4. The first-order chi connectivity index (χ1) is 22.9. The Morgan fingerprint density at radius 1 is 0.816 bits per heavy atom. The second-order valence-corrected chi connectivity index (χ2v) is 14.6. The predicted octanol–water partition coefficient (Wildman–Crippen LogP) is 4.24. The average Bonchev–Trinajstić information content (AvgIpc) is 3.05. The molecule has 0 aromatic heterocycles. The normalized spacial score (nSPS) is 36.2. The molecule has 0 bridgehead atoms. The highest BCUT2D eigenvalue weighted by molar-refractivity contribution is 5.97. The lowest BCUT2D eigenvalue weighted by Gasteiger charge is -2.69. The Morgan fingerprint density at radius 2 is 1.33 bits per heavy atom. The fourth-order valence-electron chi connectivity index (χ4n) is 8.93. The Hall–Kier alpha value is -4.35. The molecule has 2 N–H and O–H groups in total. The standard InChI is InChI=1S/C38H44O11/c1-8-36(6)20-25(48-32(42)23-15-11-9-12-16-23)29-37(7)26(19-27(46-21(2)39)38(29,45)34(36)44)35(4,5)31(47-22(3)40)28(30(37)41)49-33(43)24-17-13-10-14-18-24/h8-18,25-31,41,45H,1,19-20H2,2-7H3/t25-,26+,27-,28-,29-,30+,31-,36+,37+,38+/m1/s1. The summed E-state index contributed by atoms with van der Waals surface area (Å²) in [4.78, 5) is 66.8. The quantitative estimate of drug-likeness (QED) is 0.245. The molecule has 0 radical (unpaired) electrons. The van der Waals surface area contributed by atoms with Crippen molar-refractivity contribution in [3.05, 3.63) is 84.4 Å². The number of aliphatic hydroxyl groups excluding tert-OH is 1. The van der Waals surface area contributed by atoms with Gasteiger partial charge >= 0.3 is 23.9 Å². The smallest absolute Gasteiger partial charge is 0.338 e. The lowest BCUT2D eigenvalue weighted by atomic mass is 9.39.